The van der Waals surface area contributed by atoms with Gasteiger partial charge in [-0.25, -0.2) is 15.0 Å². The fourth-order valence-electron chi connectivity index (χ4n) is 2.58. The molecule has 0 saturated carbocycles. The van der Waals surface area contributed by atoms with E-state index in [0.29, 0.717) is 0 Å². The molecule has 0 atom stereocenters. The third kappa shape index (κ3) is 5.61. The number of benzene rings is 1. The van der Waals surface area contributed by atoms with Gasteiger partial charge in [0.2, 0.25) is 17.5 Å². The fourth-order valence-corrected chi connectivity index (χ4v) is 2.58. The van der Waals surface area contributed by atoms with Gasteiger partial charge in [0.15, 0.2) is 0 Å². The number of hydrogen-bond donors (Lipinski definition) is 3. The summed E-state index contributed by atoms with van der Waals surface area (Å²) in [7, 11) is 0. The molecule has 3 heterocycles. The Kier molecular flexibility index (Phi) is 12.0. The van der Waals surface area contributed by atoms with Crippen LogP contribution in [0.4, 0.5) is 39.5 Å². The van der Waals surface area contributed by atoms with E-state index in [4.69, 9.17) is 0 Å². The van der Waals surface area contributed by atoms with Gasteiger partial charge in [0.05, 0.1) is 16.6 Å². The van der Waals surface area contributed by atoms with Crippen LogP contribution >= 0.6 is 0 Å². The molecule has 0 bridgehead atoms. The molecule has 0 unspecified atom stereocenters. The largest absolute Gasteiger partial charge is 0.449 e. The van der Waals surface area contributed by atoms with E-state index in [-0.39, 0.29) is 38.3 Å². The van der Waals surface area contributed by atoms with Crippen molar-refractivity contribution < 1.29 is 77.8 Å². The van der Waals surface area contributed by atoms with Crippen LogP contribution in [-0.2, 0) is 18.5 Å². The van der Waals surface area contributed by atoms with Crippen molar-refractivity contribution in [2.45, 2.75) is 18.5 Å². The first-order chi connectivity index (χ1) is 12.3. The maximum absolute atomic E-state index is 12.9. The van der Waals surface area contributed by atoms with Crippen LogP contribution in [0.25, 0.3) is 33.1 Å². The van der Waals surface area contributed by atoms with Gasteiger partial charge in [-0.2, -0.15) is 39.5 Å². The number of aromatic nitrogens is 6. The maximum Gasteiger partial charge on any atom is 0.449 e. The molecule has 0 aliphatic rings. The van der Waals surface area contributed by atoms with Gasteiger partial charge in [-0.3, -0.25) is 0 Å². The van der Waals surface area contributed by atoms with Crippen LogP contribution in [0.5, 0.6) is 0 Å². The molecule has 0 amide bonds. The Morgan fingerprint density at radius 1 is 0.382 bits per heavy atom. The quantitative estimate of drug-likeness (QED) is 0.232. The van der Waals surface area contributed by atoms with Crippen LogP contribution in [0.2, 0.25) is 0 Å². The normalized spacial score (nSPS) is 11.2. The van der Waals surface area contributed by atoms with E-state index < -0.39 is 69.1 Å². The monoisotopic (exact) mass is 528 g/mol. The highest BCUT2D eigenvalue weighted by Gasteiger charge is 2.40. The second-order valence-electron chi connectivity index (χ2n) is 5.42. The van der Waals surface area contributed by atoms with Crippen LogP contribution in [0.3, 0.4) is 0 Å². The van der Waals surface area contributed by atoms with E-state index in [1.807, 2.05) is 0 Å². The molecule has 0 saturated heterocycles. The smallest absolute Gasteiger partial charge is 0.412 e. The summed E-state index contributed by atoms with van der Waals surface area (Å²) in [6.45, 7) is 0. The number of alkyl halides is 9. The average Bonchev–Trinajstić information content (AvgIpc) is 3.19. The summed E-state index contributed by atoms with van der Waals surface area (Å²) in [5.41, 5.74) is -3.87. The molecule has 0 aliphatic heterocycles. The van der Waals surface area contributed by atoms with Crippen molar-refractivity contribution in [2.24, 2.45) is 0 Å². The zero-order valence-corrected chi connectivity index (χ0v) is 15.7. The summed E-state index contributed by atoms with van der Waals surface area (Å²) >= 11 is 0. The molecule has 1 aromatic carbocycles. The van der Waals surface area contributed by atoms with E-state index in [0.717, 1.165) is 0 Å². The Bertz CT molecular complexity index is 965. The minimum Gasteiger partial charge on any atom is -0.412 e. The standard InChI is InChI=1S/C12H3F9N6.7H2O/c13-10(14,15)7-22-1-2(23-7)4-6(27-9(26-4)12(19,20)21)5-3(1)24-8(25-5)11(16,17)18;;;;;;;/h(H,22,23)(H,24,25)(H,26,27);7*1H2. The first kappa shape index (κ1) is 38.0. The number of imidazole rings is 3. The number of H-pyrrole nitrogens is 3. The Hall–Kier alpha value is -3.28. The number of hydrogen-bond acceptors (Lipinski definition) is 3. The molecule has 0 radical (unpaired) electrons. The second kappa shape index (κ2) is 10.8. The number of nitrogens with zero attached hydrogens (tertiary/aromatic N) is 3. The van der Waals surface area contributed by atoms with Gasteiger partial charge in [0.1, 0.15) is 16.6 Å². The highest BCUT2D eigenvalue weighted by atomic mass is 19.4. The average molecular weight is 528 g/mol. The zero-order valence-electron chi connectivity index (χ0n) is 15.7. The van der Waals surface area contributed by atoms with Gasteiger partial charge in [-0.1, -0.05) is 0 Å². The molecule has 34 heavy (non-hydrogen) atoms. The van der Waals surface area contributed by atoms with E-state index in [1.54, 1.807) is 15.0 Å². The van der Waals surface area contributed by atoms with Crippen molar-refractivity contribution in [1.29, 1.82) is 0 Å². The van der Waals surface area contributed by atoms with E-state index in [2.05, 4.69) is 15.0 Å². The SMILES string of the molecule is FC(F)(F)c1nc2c3nc(C(F)(F)F)[nH]c3c3[nH]c(C(F)(F)F)nc3c2[nH]1.O.O.O.O.O.O.O. The summed E-state index contributed by atoms with van der Waals surface area (Å²) in [5.74, 6) is -4.82. The lowest BCUT2D eigenvalue weighted by Gasteiger charge is -1.99. The van der Waals surface area contributed by atoms with Crippen molar-refractivity contribution in [1.82, 2.24) is 29.9 Å². The number of rotatable bonds is 0. The maximum atomic E-state index is 12.9. The summed E-state index contributed by atoms with van der Waals surface area (Å²) in [6.07, 6.45) is -15.1. The Labute approximate surface area is 178 Å². The Morgan fingerprint density at radius 2 is 0.618 bits per heavy atom. The molecule has 13 nitrogen and oxygen atoms in total. The molecule has 4 rings (SSSR count). The lowest BCUT2D eigenvalue weighted by Crippen LogP contribution is -2.07. The van der Waals surface area contributed by atoms with Crippen molar-refractivity contribution in [3.05, 3.63) is 17.5 Å². The van der Waals surface area contributed by atoms with Crippen LogP contribution in [-0.4, -0.2) is 68.2 Å². The molecule has 4 aromatic rings. The van der Waals surface area contributed by atoms with Crippen LogP contribution in [0.15, 0.2) is 0 Å². The first-order valence-electron chi connectivity index (χ1n) is 6.79. The fraction of sp³-hybridized carbons (Fsp3) is 0.250. The zero-order chi connectivity index (χ0) is 19.9. The first-order valence-corrected chi connectivity index (χ1v) is 6.79. The van der Waals surface area contributed by atoms with Crippen molar-refractivity contribution in [3.63, 3.8) is 0 Å². The molecule has 0 aliphatic carbocycles. The molecule has 200 valence electrons. The van der Waals surface area contributed by atoms with Gasteiger partial charge in [-0.15, -0.1) is 0 Å². The van der Waals surface area contributed by atoms with Crippen LogP contribution < -0.4 is 0 Å². The lowest BCUT2D eigenvalue weighted by molar-refractivity contribution is -0.145. The third-order valence-corrected chi connectivity index (χ3v) is 3.63. The molecular formula is C12H17F9N6O7. The molecular weight excluding hydrogens is 511 g/mol. The van der Waals surface area contributed by atoms with Gasteiger partial charge < -0.3 is 53.3 Å². The lowest BCUT2D eigenvalue weighted by atomic mass is 10.2. The van der Waals surface area contributed by atoms with Gasteiger partial charge in [0.25, 0.3) is 0 Å². The summed E-state index contributed by atoms with van der Waals surface area (Å²) in [4.78, 5) is 14.8. The highest BCUT2D eigenvalue weighted by molar-refractivity contribution is 6.18. The van der Waals surface area contributed by atoms with Crippen LogP contribution in [0.1, 0.15) is 17.5 Å². The van der Waals surface area contributed by atoms with Crippen molar-refractivity contribution in [3.8, 4) is 0 Å². The summed E-state index contributed by atoms with van der Waals surface area (Å²) in [6, 6.07) is 0. The molecule has 0 spiro atoms. The predicted octanol–water partition coefficient (Wildman–Crippen LogP) is -1.40. The third-order valence-electron chi connectivity index (χ3n) is 3.63. The summed E-state index contributed by atoms with van der Waals surface area (Å²) in [5, 5.41) is 0. The molecule has 0 fully saturated rings. The predicted molar refractivity (Wildman–Crippen MR) is 95.7 cm³/mol. The second-order valence-corrected chi connectivity index (χ2v) is 5.42. The highest BCUT2D eigenvalue weighted by Crippen LogP contribution is 2.39. The Balaban J connectivity index is -0.000000643. The van der Waals surface area contributed by atoms with E-state index >= 15 is 0 Å². The number of aromatic amines is 3. The van der Waals surface area contributed by atoms with Gasteiger partial charge >= 0.3 is 18.5 Å². The van der Waals surface area contributed by atoms with Gasteiger partial charge in [0, 0.05) is 0 Å². The van der Waals surface area contributed by atoms with Gasteiger partial charge in [-0.05, 0) is 0 Å². The van der Waals surface area contributed by atoms with Crippen LogP contribution in [0, 0.1) is 0 Å². The van der Waals surface area contributed by atoms with E-state index in [1.165, 1.54) is 0 Å². The minimum absolute atomic E-state index is 0. The molecule has 22 heteroatoms. The Morgan fingerprint density at radius 3 is 0.941 bits per heavy atom. The molecule has 17 N–H and O–H groups in total. The number of nitrogens with one attached hydrogen (secondary N) is 3. The number of fused-ring (bicyclic) bond motifs is 6. The molecule has 3 aromatic heterocycles. The summed E-state index contributed by atoms with van der Waals surface area (Å²) < 4.78 is 116. The topological polar surface area (TPSA) is 307 Å². The minimum atomic E-state index is -5.02. The van der Waals surface area contributed by atoms with E-state index in [9.17, 15) is 39.5 Å². The van der Waals surface area contributed by atoms with Crippen molar-refractivity contribution >= 4 is 33.1 Å². The number of halogens is 9. The van der Waals surface area contributed by atoms with Crippen molar-refractivity contribution in [2.75, 3.05) is 0 Å².